The van der Waals surface area contributed by atoms with Gasteiger partial charge in [0, 0.05) is 11.1 Å². The number of aliphatic imine (C=N–C) groups is 1. The average Bonchev–Trinajstić information content (AvgIpc) is 2.55. The van der Waals surface area contributed by atoms with Crippen LogP contribution in [0, 0.1) is 11.3 Å². The van der Waals surface area contributed by atoms with Crippen LogP contribution in [0.3, 0.4) is 0 Å². The van der Waals surface area contributed by atoms with Gasteiger partial charge in [0.2, 0.25) is 0 Å². The highest BCUT2D eigenvalue weighted by Crippen LogP contribution is 2.48. The summed E-state index contributed by atoms with van der Waals surface area (Å²) in [6, 6.07) is 0. The normalized spacial score (nSPS) is 27.8. The van der Waals surface area contributed by atoms with Gasteiger partial charge in [-0.2, -0.15) is 0 Å². The summed E-state index contributed by atoms with van der Waals surface area (Å²) in [5.41, 5.74) is 2.22. The van der Waals surface area contributed by atoms with Crippen LogP contribution in [-0.2, 0) is 4.74 Å². The molecule has 1 unspecified atom stereocenters. The first kappa shape index (κ1) is 17.2. The minimum absolute atomic E-state index is 0.103. The summed E-state index contributed by atoms with van der Waals surface area (Å²) in [4.78, 5) is 4.69. The van der Waals surface area contributed by atoms with Crippen molar-refractivity contribution in [3.63, 3.8) is 0 Å². The zero-order chi connectivity index (χ0) is 15.3. The highest BCUT2D eigenvalue weighted by molar-refractivity contribution is 9.11. The molecule has 1 heterocycles. The molecule has 0 fully saturated rings. The smallest absolute Gasteiger partial charge is 0.194 e. The van der Waals surface area contributed by atoms with E-state index in [1.54, 1.807) is 7.11 Å². The first-order valence-electron chi connectivity index (χ1n) is 7.28. The Morgan fingerprint density at radius 2 is 2.20 bits per heavy atom. The first-order chi connectivity index (χ1) is 9.44. The van der Waals surface area contributed by atoms with Crippen molar-refractivity contribution in [1.29, 1.82) is 0 Å². The molecule has 0 aromatic heterocycles. The maximum atomic E-state index is 5.43. The summed E-state index contributed by atoms with van der Waals surface area (Å²) in [5, 5.41) is 0. The predicted octanol–water partition coefficient (Wildman–Crippen LogP) is 5.62. The van der Waals surface area contributed by atoms with Crippen LogP contribution >= 0.6 is 15.9 Å². The number of halogens is 1. The number of hydrogen-bond acceptors (Lipinski definition) is 2. The van der Waals surface area contributed by atoms with E-state index in [1.165, 1.54) is 10.1 Å². The van der Waals surface area contributed by atoms with Crippen LogP contribution in [0.1, 0.15) is 47.0 Å². The van der Waals surface area contributed by atoms with Crippen molar-refractivity contribution in [3.05, 3.63) is 34.5 Å². The lowest BCUT2D eigenvalue weighted by molar-refractivity contribution is 0.377. The van der Waals surface area contributed by atoms with Crippen molar-refractivity contribution in [1.82, 2.24) is 0 Å². The minimum atomic E-state index is -0.103. The quantitative estimate of drug-likeness (QED) is 0.609. The van der Waals surface area contributed by atoms with E-state index in [4.69, 9.17) is 4.74 Å². The lowest BCUT2D eigenvalue weighted by atomic mass is 9.71. The third-order valence-electron chi connectivity index (χ3n) is 4.23. The summed E-state index contributed by atoms with van der Waals surface area (Å²) in [6.45, 7) is 12.9. The molecule has 0 N–H and O–H groups in total. The SMILES string of the molecule is C=C1N=C(OC)[C@@H](C)C=C(CC)C1(CC)C/C(Br)=C\C. The van der Waals surface area contributed by atoms with E-state index in [1.807, 2.05) is 0 Å². The van der Waals surface area contributed by atoms with Gasteiger partial charge < -0.3 is 4.74 Å². The van der Waals surface area contributed by atoms with Crippen molar-refractivity contribution in [2.24, 2.45) is 16.3 Å². The largest absolute Gasteiger partial charge is 0.484 e. The number of ether oxygens (including phenoxy) is 1. The van der Waals surface area contributed by atoms with Gasteiger partial charge in [0.05, 0.1) is 13.0 Å². The standard InChI is InChI=1S/C17H26BrNO/c1-7-14-10-12(4)16(20-6)19-13(5)17(14,9-3)11-15(18)8-2/h8,10,12H,5,7,9,11H2,1-4,6H3/b15-8+/t12-,17?/m0/s1. The lowest BCUT2D eigenvalue weighted by Crippen LogP contribution is -2.24. The summed E-state index contributed by atoms with van der Waals surface area (Å²) in [6.07, 6.45) is 7.31. The van der Waals surface area contributed by atoms with Crippen molar-refractivity contribution >= 4 is 21.8 Å². The van der Waals surface area contributed by atoms with E-state index < -0.39 is 0 Å². The molecule has 20 heavy (non-hydrogen) atoms. The molecule has 0 radical (unpaired) electrons. The Bertz CT molecular complexity index is 462. The number of rotatable bonds is 4. The Labute approximate surface area is 131 Å². The average molecular weight is 340 g/mol. The summed E-state index contributed by atoms with van der Waals surface area (Å²) in [5.74, 6) is 0.956. The second kappa shape index (κ2) is 7.26. The molecule has 1 rings (SSSR count). The van der Waals surface area contributed by atoms with E-state index in [9.17, 15) is 0 Å². The molecule has 0 spiro atoms. The van der Waals surface area contributed by atoms with Gasteiger partial charge in [0.1, 0.15) is 0 Å². The number of nitrogens with zero attached hydrogens (tertiary/aromatic N) is 1. The molecule has 2 atom stereocenters. The summed E-state index contributed by atoms with van der Waals surface area (Å²) >= 11 is 3.66. The van der Waals surface area contributed by atoms with Gasteiger partial charge in [0.15, 0.2) is 5.90 Å². The van der Waals surface area contributed by atoms with Gasteiger partial charge in [-0.3, -0.25) is 0 Å². The molecule has 2 nitrogen and oxygen atoms in total. The van der Waals surface area contributed by atoms with Gasteiger partial charge in [-0.1, -0.05) is 61.0 Å². The van der Waals surface area contributed by atoms with Crippen LogP contribution < -0.4 is 0 Å². The maximum absolute atomic E-state index is 5.43. The fourth-order valence-corrected chi connectivity index (χ4v) is 3.39. The number of hydrogen-bond donors (Lipinski definition) is 0. The maximum Gasteiger partial charge on any atom is 0.194 e. The highest BCUT2D eigenvalue weighted by atomic mass is 79.9. The Morgan fingerprint density at radius 3 is 2.65 bits per heavy atom. The topological polar surface area (TPSA) is 21.6 Å². The number of allylic oxidation sites excluding steroid dienone is 3. The van der Waals surface area contributed by atoms with Gasteiger partial charge in [-0.05, 0) is 30.7 Å². The number of methoxy groups -OCH3 is 1. The highest BCUT2D eigenvalue weighted by Gasteiger charge is 2.38. The molecule has 0 amide bonds. The van der Waals surface area contributed by atoms with E-state index in [2.05, 4.69) is 67.3 Å². The van der Waals surface area contributed by atoms with Crippen molar-refractivity contribution in [2.75, 3.05) is 7.11 Å². The molecular weight excluding hydrogens is 314 g/mol. The zero-order valence-electron chi connectivity index (χ0n) is 13.3. The second-order valence-electron chi connectivity index (χ2n) is 5.28. The third kappa shape index (κ3) is 3.25. The van der Waals surface area contributed by atoms with Gasteiger partial charge in [-0.15, -0.1) is 0 Å². The molecule has 0 aromatic carbocycles. The molecule has 1 aliphatic heterocycles. The third-order valence-corrected chi connectivity index (χ3v) is 4.97. The first-order valence-corrected chi connectivity index (χ1v) is 8.08. The summed E-state index contributed by atoms with van der Waals surface area (Å²) in [7, 11) is 1.68. The summed E-state index contributed by atoms with van der Waals surface area (Å²) < 4.78 is 6.63. The van der Waals surface area contributed by atoms with Crippen LogP contribution in [-0.4, -0.2) is 13.0 Å². The molecule has 0 aliphatic carbocycles. The Balaban J connectivity index is 3.41. The van der Waals surface area contributed by atoms with Gasteiger partial charge in [-0.25, -0.2) is 4.99 Å². The van der Waals surface area contributed by atoms with E-state index in [0.29, 0.717) is 0 Å². The van der Waals surface area contributed by atoms with Gasteiger partial charge >= 0.3 is 0 Å². The van der Waals surface area contributed by atoms with Crippen molar-refractivity contribution in [3.8, 4) is 0 Å². The van der Waals surface area contributed by atoms with Crippen LogP contribution in [0.4, 0.5) is 0 Å². The van der Waals surface area contributed by atoms with Crippen LogP contribution in [0.2, 0.25) is 0 Å². The molecule has 0 saturated heterocycles. The van der Waals surface area contributed by atoms with Crippen LogP contribution in [0.25, 0.3) is 0 Å². The fourth-order valence-electron chi connectivity index (χ4n) is 2.91. The molecular formula is C17H26BrNO. The van der Waals surface area contributed by atoms with Crippen molar-refractivity contribution in [2.45, 2.75) is 47.0 Å². The molecule has 0 aromatic rings. The Hall–Kier alpha value is -0.830. The minimum Gasteiger partial charge on any atom is -0.484 e. The Morgan fingerprint density at radius 1 is 1.55 bits per heavy atom. The molecule has 0 bridgehead atoms. The van der Waals surface area contributed by atoms with Crippen LogP contribution in [0.5, 0.6) is 0 Å². The van der Waals surface area contributed by atoms with Crippen molar-refractivity contribution < 1.29 is 4.74 Å². The van der Waals surface area contributed by atoms with E-state index in [0.717, 1.165) is 30.9 Å². The van der Waals surface area contributed by atoms with E-state index in [-0.39, 0.29) is 11.3 Å². The predicted molar refractivity (Wildman–Crippen MR) is 91.1 cm³/mol. The molecule has 1 aliphatic rings. The van der Waals surface area contributed by atoms with Crippen LogP contribution in [0.15, 0.2) is 39.5 Å². The fraction of sp³-hybridized carbons (Fsp3) is 0.588. The second-order valence-corrected chi connectivity index (χ2v) is 6.30. The van der Waals surface area contributed by atoms with E-state index >= 15 is 0 Å². The monoisotopic (exact) mass is 339 g/mol. The molecule has 112 valence electrons. The van der Waals surface area contributed by atoms with Gasteiger partial charge in [0.25, 0.3) is 0 Å². The molecule has 3 heteroatoms. The Kier molecular flexibility index (Phi) is 6.25. The lowest BCUT2D eigenvalue weighted by Gasteiger charge is -2.35. The molecule has 0 saturated carbocycles. The zero-order valence-corrected chi connectivity index (χ0v) is 14.9.